The first-order chi connectivity index (χ1) is 36.6. The lowest BCUT2D eigenvalue weighted by atomic mass is 9.98. The number of hydrogen-bond donors (Lipinski definition) is 3. The number of carbonyl (C=O) groups is 4. The first kappa shape index (κ1) is 69.4. The second-order valence-electron chi connectivity index (χ2n) is 20.6. The minimum atomic E-state index is -1.91. The molecular formula is C63H108O12. The molecule has 75 heavy (non-hydrogen) atoms. The van der Waals surface area contributed by atoms with E-state index < -0.39 is 67.3 Å². The number of carboxylic acid groups (broad SMARTS) is 1. The predicted molar refractivity (Wildman–Crippen MR) is 303 cm³/mol. The molecule has 0 aromatic rings. The van der Waals surface area contributed by atoms with E-state index in [1.54, 1.807) is 0 Å². The quantitative estimate of drug-likeness (QED) is 0.0228. The Morgan fingerprint density at radius 2 is 0.853 bits per heavy atom. The van der Waals surface area contributed by atoms with Crippen molar-refractivity contribution in [2.75, 3.05) is 13.2 Å². The highest BCUT2D eigenvalue weighted by molar-refractivity contribution is 5.74. The molecule has 1 aliphatic heterocycles. The molecule has 0 bridgehead atoms. The second-order valence-corrected chi connectivity index (χ2v) is 20.6. The van der Waals surface area contributed by atoms with Crippen LogP contribution < -0.4 is 0 Å². The normalized spacial score (nSPS) is 18.5. The van der Waals surface area contributed by atoms with Crippen LogP contribution in [-0.4, -0.2) is 89.2 Å². The predicted octanol–water partition coefficient (Wildman–Crippen LogP) is 15.6. The molecule has 1 aliphatic rings. The fourth-order valence-electron chi connectivity index (χ4n) is 8.93. The first-order valence-electron chi connectivity index (χ1n) is 30.3. The maximum absolute atomic E-state index is 13.2. The van der Waals surface area contributed by atoms with Crippen molar-refractivity contribution in [3.63, 3.8) is 0 Å². The standard InChI is InChI=1S/C63H108O12/c1-4-7-10-13-16-19-22-24-26-27-28-29-31-32-35-37-40-43-46-49-55(64)71-52-54(73-56(65)50-47-44-41-39-36-33-30-25-23-20-17-14-11-8-5-2)53-72-63-61(59(68)58(67)60(75-63)62(69)70)74-57(66)51-48-45-42-38-34-21-18-15-12-9-6-3/h7,10,15-16,18-19,24,26,28-29,54,58-61,63,67-68H,4-6,8-9,11-14,17,20-23,25,27,30-53H2,1-3H3,(H,69,70)/b10-7-,18-15-,19-16-,26-24-,29-28-. The molecule has 12 nitrogen and oxygen atoms in total. The summed E-state index contributed by atoms with van der Waals surface area (Å²) in [6, 6.07) is 0. The maximum Gasteiger partial charge on any atom is 0.335 e. The van der Waals surface area contributed by atoms with Gasteiger partial charge in [0.15, 0.2) is 24.6 Å². The van der Waals surface area contributed by atoms with E-state index in [0.29, 0.717) is 19.3 Å². The summed E-state index contributed by atoms with van der Waals surface area (Å²) in [5.41, 5.74) is 0. The fraction of sp³-hybridized carbons (Fsp3) is 0.778. The van der Waals surface area contributed by atoms with Crippen LogP contribution >= 0.6 is 0 Å². The van der Waals surface area contributed by atoms with Gasteiger partial charge in [0.25, 0.3) is 0 Å². The Hall–Kier alpha value is -3.58. The summed E-state index contributed by atoms with van der Waals surface area (Å²) in [5, 5.41) is 31.4. The zero-order chi connectivity index (χ0) is 54.7. The summed E-state index contributed by atoms with van der Waals surface area (Å²) in [5.74, 6) is -3.13. The van der Waals surface area contributed by atoms with Crippen LogP contribution in [0.5, 0.6) is 0 Å². The summed E-state index contributed by atoms with van der Waals surface area (Å²) >= 11 is 0. The van der Waals surface area contributed by atoms with Crippen LogP contribution in [0.4, 0.5) is 0 Å². The Bertz CT molecular complexity index is 1540. The highest BCUT2D eigenvalue weighted by Crippen LogP contribution is 2.26. The Labute approximate surface area is 456 Å². The molecule has 432 valence electrons. The zero-order valence-corrected chi connectivity index (χ0v) is 47.5. The molecule has 1 fully saturated rings. The largest absolute Gasteiger partial charge is 0.479 e. The molecule has 12 heteroatoms. The third-order valence-corrected chi connectivity index (χ3v) is 13.6. The van der Waals surface area contributed by atoms with Gasteiger partial charge in [0.1, 0.15) is 18.8 Å². The number of esters is 3. The number of hydrogen-bond acceptors (Lipinski definition) is 11. The molecule has 6 atom stereocenters. The van der Waals surface area contributed by atoms with Gasteiger partial charge in [-0.3, -0.25) is 14.4 Å². The van der Waals surface area contributed by atoms with Crippen molar-refractivity contribution in [1.29, 1.82) is 0 Å². The van der Waals surface area contributed by atoms with Crippen LogP contribution in [0.3, 0.4) is 0 Å². The van der Waals surface area contributed by atoms with Crippen molar-refractivity contribution in [3.05, 3.63) is 60.8 Å². The average Bonchev–Trinajstić information content (AvgIpc) is 3.39. The summed E-state index contributed by atoms with van der Waals surface area (Å²) in [4.78, 5) is 51.1. The van der Waals surface area contributed by atoms with Crippen LogP contribution in [0.2, 0.25) is 0 Å². The van der Waals surface area contributed by atoms with Gasteiger partial charge in [-0.2, -0.15) is 0 Å². The fourth-order valence-corrected chi connectivity index (χ4v) is 8.93. The monoisotopic (exact) mass is 1060 g/mol. The molecule has 0 saturated carbocycles. The van der Waals surface area contributed by atoms with Crippen LogP contribution in [0.25, 0.3) is 0 Å². The van der Waals surface area contributed by atoms with E-state index in [1.165, 1.54) is 83.5 Å². The molecule has 0 radical (unpaired) electrons. The van der Waals surface area contributed by atoms with E-state index in [1.807, 2.05) is 0 Å². The first-order valence-corrected chi connectivity index (χ1v) is 30.3. The van der Waals surface area contributed by atoms with Gasteiger partial charge in [0, 0.05) is 19.3 Å². The Morgan fingerprint density at radius 1 is 0.453 bits per heavy atom. The number of rotatable bonds is 51. The average molecular weight is 1060 g/mol. The van der Waals surface area contributed by atoms with E-state index in [2.05, 4.69) is 81.5 Å². The SMILES string of the molecule is CC/C=C\C/C=C\C/C=C\C/C=C\CCCCCCCCC(=O)OCC(COC1OC(C(=O)O)C(O)C(O)C1OC(=O)CCCCCCC/C=C\CCCC)OC(=O)CCCCCCCCCCCCCCCCC. The number of ether oxygens (including phenoxy) is 5. The molecule has 0 aliphatic carbocycles. The lowest BCUT2D eigenvalue weighted by Crippen LogP contribution is -2.61. The molecule has 3 N–H and O–H groups in total. The van der Waals surface area contributed by atoms with Gasteiger partial charge in [0.2, 0.25) is 0 Å². The summed E-state index contributed by atoms with van der Waals surface area (Å²) < 4.78 is 28.4. The number of unbranched alkanes of at least 4 members (excludes halogenated alkanes) is 27. The molecule has 6 unspecified atom stereocenters. The molecular weight excluding hydrogens is 949 g/mol. The van der Waals surface area contributed by atoms with Crippen molar-refractivity contribution < 1.29 is 58.2 Å². The lowest BCUT2D eigenvalue weighted by molar-refractivity contribution is -0.301. The van der Waals surface area contributed by atoms with Crippen LogP contribution in [0.15, 0.2) is 60.8 Å². The topological polar surface area (TPSA) is 175 Å². The van der Waals surface area contributed by atoms with E-state index >= 15 is 0 Å². The molecule has 0 amide bonds. The zero-order valence-electron chi connectivity index (χ0n) is 47.5. The van der Waals surface area contributed by atoms with E-state index in [4.69, 9.17) is 23.7 Å². The summed E-state index contributed by atoms with van der Waals surface area (Å²) in [6.45, 7) is 5.84. The van der Waals surface area contributed by atoms with Crippen molar-refractivity contribution >= 4 is 23.9 Å². The summed E-state index contributed by atoms with van der Waals surface area (Å²) in [7, 11) is 0. The number of carbonyl (C=O) groups excluding carboxylic acids is 3. The minimum absolute atomic E-state index is 0.0491. The van der Waals surface area contributed by atoms with Gasteiger partial charge in [-0.25, -0.2) is 4.79 Å². The highest BCUT2D eigenvalue weighted by Gasteiger charge is 2.50. The van der Waals surface area contributed by atoms with E-state index in [0.717, 1.165) is 122 Å². The lowest BCUT2D eigenvalue weighted by Gasteiger charge is -2.40. The molecule has 0 aromatic carbocycles. The van der Waals surface area contributed by atoms with Gasteiger partial charge in [-0.05, 0) is 77.0 Å². The maximum atomic E-state index is 13.2. The van der Waals surface area contributed by atoms with E-state index in [9.17, 15) is 34.5 Å². The molecule has 0 spiro atoms. The number of allylic oxidation sites excluding steroid dienone is 10. The van der Waals surface area contributed by atoms with Gasteiger partial charge < -0.3 is 39.0 Å². The Kier molecular flexibility index (Phi) is 47.4. The van der Waals surface area contributed by atoms with Crippen molar-refractivity contribution in [2.45, 2.75) is 302 Å². The van der Waals surface area contributed by atoms with Crippen LogP contribution in [0.1, 0.15) is 265 Å². The Balaban J connectivity index is 2.67. The molecule has 0 aromatic heterocycles. The van der Waals surface area contributed by atoms with E-state index in [-0.39, 0.29) is 25.9 Å². The third-order valence-electron chi connectivity index (χ3n) is 13.6. The van der Waals surface area contributed by atoms with Gasteiger partial charge in [-0.1, -0.05) is 229 Å². The van der Waals surface area contributed by atoms with Crippen molar-refractivity contribution in [2.24, 2.45) is 0 Å². The number of aliphatic hydroxyl groups is 2. The molecule has 1 heterocycles. The molecule has 1 saturated heterocycles. The minimum Gasteiger partial charge on any atom is -0.479 e. The number of carboxylic acids is 1. The van der Waals surface area contributed by atoms with Gasteiger partial charge >= 0.3 is 23.9 Å². The second kappa shape index (κ2) is 51.2. The number of aliphatic carboxylic acids is 1. The molecule has 1 rings (SSSR count). The summed E-state index contributed by atoms with van der Waals surface area (Å²) in [6.07, 6.45) is 50.5. The van der Waals surface area contributed by atoms with Crippen molar-refractivity contribution in [1.82, 2.24) is 0 Å². The smallest absolute Gasteiger partial charge is 0.335 e. The third kappa shape index (κ3) is 41.2. The highest BCUT2D eigenvalue weighted by atomic mass is 16.7. The number of aliphatic hydroxyl groups excluding tert-OH is 2. The van der Waals surface area contributed by atoms with Crippen LogP contribution in [-0.2, 0) is 42.9 Å². The van der Waals surface area contributed by atoms with Gasteiger partial charge in [-0.15, -0.1) is 0 Å². The van der Waals surface area contributed by atoms with Crippen molar-refractivity contribution in [3.8, 4) is 0 Å². The Morgan fingerprint density at radius 3 is 1.33 bits per heavy atom. The van der Waals surface area contributed by atoms with Crippen LogP contribution in [0, 0.1) is 0 Å². The van der Waals surface area contributed by atoms with Gasteiger partial charge in [0.05, 0.1) is 6.61 Å².